The molecule has 0 aromatic heterocycles. The molecule has 0 amide bonds. The first-order valence-corrected chi connectivity index (χ1v) is 5.12. The van der Waals surface area contributed by atoms with E-state index in [0.29, 0.717) is 12.3 Å². The minimum atomic E-state index is 0.294. The molecule has 0 atom stereocenters. The maximum atomic E-state index is 9.45. The number of aromatic hydroxyl groups is 1. The van der Waals surface area contributed by atoms with Crippen molar-refractivity contribution in [1.82, 2.24) is 5.48 Å². The minimum absolute atomic E-state index is 0.294. The molecular formula is C9H13NO2S. The van der Waals surface area contributed by atoms with Gasteiger partial charge in [-0.2, -0.15) is 5.48 Å². The van der Waals surface area contributed by atoms with Gasteiger partial charge in [0, 0.05) is 17.0 Å². The molecule has 0 fully saturated rings. The number of nitrogens with one attached hydrogen (secondary N) is 1. The zero-order valence-corrected chi connectivity index (χ0v) is 8.52. The number of benzene rings is 1. The molecule has 0 spiro atoms. The van der Waals surface area contributed by atoms with Gasteiger partial charge in [-0.1, -0.05) is 0 Å². The normalized spacial score (nSPS) is 10.3. The maximum absolute atomic E-state index is 9.45. The lowest BCUT2D eigenvalue weighted by molar-refractivity contribution is 0.0861. The Labute approximate surface area is 82.1 Å². The van der Waals surface area contributed by atoms with Crippen molar-refractivity contribution >= 4 is 11.8 Å². The number of hydrogen-bond acceptors (Lipinski definition) is 4. The lowest BCUT2D eigenvalue weighted by Gasteiger charge is -2.06. The van der Waals surface area contributed by atoms with Crippen LogP contribution in [0.15, 0.2) is 23.1 Å². The zero-order valence-electron chi connectivity index (χ0n) is 7.70. The lowest BCUT2D eigenvalue weighted by Crippen LogP contribution is -2.10. The fourth-order valence-corrected chi connectivity index (χ4v) is 1.44. The van der Waals surface area contributed by atoms with Crippen LogP contribution < -0.4 is 5.48 Å². The summed E-state index contributed by atoms with van der Waals surface area (Å²) in [6, 6.07) is 5.51. The van der Waals surface area contributed by atoms with Gasteiger partial charge >= 0.3 is 0 Å². The second-order valence-corrected chi connectivity index (χ2v) is 3.40. The van der Waals surface area contributed by atoms with E-state index in [0.717, 1.165) is 10.5 Å². The second kappa shape index (κ2) is 5.11. The second-order valence-electron chi connectivity index (χ2n) is 2.52. The Morgan fingerprint density at radius 1 is 1.54 bits per heavy atom. The molecule has 2 N–H and O–H groups in total. The van der Waals surface area contributed by atoms with Crippen LogP contribution in [0.5, 0.6) is 5.75 Å². The van der Waals surface area contributed by atoms with Crippen molar-refractivity contribution in [3.63, 3.8) is 0 Å². The average molecular weight is 199 g/mol. The Hall–Kier alpha value is -0.710. The smallest absolute Gasteiger partial charge is 0.120 e. The SMILES string of the molecule is CONCc1cc(SC)ccc1O. The quantitative estimate of drug-likeness (QED) is 0.573. The summed E-state index contributed by atoms with van der Waals surface area (Å²) in [4.78, 5) is 5.84. The summed E-state index contributed by atoms with van der Waals surface area (Å²) in [5.41, 5.74) is 3.53. The molecule has 0 aliphatic heterocycles. The van der Waals surface area contributed by atoms with E-state index in [1.807, 2.05) is 18.4 Å². The van der Waals surface area contributed by atoms with Crippen LogP contribution in [0, 0.1) is 0 Å². The summed E-state index contributed by atoms with van der Waals surface area (Å²) in [6.07, 6.45) is 2.00. The molecule has 3 nitrogen and oxygen atoms in total. The number of phenols is 1. The Kier molecular flexibility index (Phi) is 4.08. The number of hydrogen-bond donors (Lipinski definition) is 2. The first kappa shape index (κ1) is 10.4. The summed E-state index contributed by atoms with van der Waals surface area (Å²) >= 11 is 1.65. The lowest BCUT2D eigenvalue weighted by atomic mass is 10.2. The molecule has 72 valence electrons. The van der Waals surface area contributed by atoms with Crippen LogP contribution in [0.3, 0.4) is 0 Å². The van der Waals surface area contributed by atoms with E-state index in [1.165, 1.54) is 0 Å². The van der Waals surface area contributed by atoms with Crippen molar-refractivity contribution < 1.29 is 9.94 Å². The van der Waals surface area contributed by atoms with Gasteiger partial charge in [0.2, 0.25) is 0 Å². The minimum Gasteiger partial charge on any atom is -0.508 e. The molecule has 4 heteroatoms. The topological polar surface area (TPSA) is 41.5 Å². The molecule has 0 radical (unpaired) electrons. The highest BCUT2D eigenvalue weighted by molar-refractivity contribution is 7.98. The van der Waals surface area contributed by atoms with Crippen molar-refractivity contribution in [2.24, 2.45) is 0 Å². The van der Waals surface area contributed by atoms with E-state index in [-0.39, 0.29) is 0 Å². The molecular weight excluding hydrogens is 186 g/mol. The standard InChI is InChI=1S/C9H13NO2S/c1-12-10-6-7-5-8(13-2)3-4-9(7)11/h3-5,10-11H,6H2,1-2H3. The molecule has 1 rings (SSSR count). The monoisotopic (exact) mass is 199 g/mol. The predicted molar refractivity (Wildman–Crippen MR) is 53.7 cm³/mol. The Morgan fingerprint density at radius 3 is 2.92 bits per heavy atom. The maximum Gasteiger partial charge on any atom is 0.120 e. The Morgan fingerprint density at radius 2 is 2.31 bits per heavy atom. The van der Waals surface area contributed by atoms with Gasteiger partial charge in [0.05, 0.1) is 7.11 Å². The number of hydroxylamine groups is 1. The van der Waals surface area contributed by atoms with Gasteiger partial charge in [0.25, 0.3) is 0 Å². The molecule has 0 unspecified atom stereocenters. The van der Waals surface area contributed by atoms with Crippen molar-refractivity contribution in [3.8, 4) is 5.75 Å². The number of phenolic OH excluding ortho intramolecular Hbond substituents is 1. The fraction of sp³-hybridized carbons (Fsp3) is 0.333. The molecule has 0 aliphatic rings. The molecule has 0 aliphatic carbocycles. The molecule has 0 bridgehead atoms. The van der Waals surface area contributed by atoms with E-state index in [9.17, 15) is 5.11 Å². The highest BCUT2D eigenvalue weighted by Crippen LogP contribution is 2.23. The molecule has 0 saturated heterocycles. The summed E-state index contributed by atoms with van der Waals surface area (Å²) in [7, 11) is 1.55. The van der Waals surface area contributed by atoms with Crippen LogP contribution in [0.4, 0.5) is 0 Å². The van der Waals surface area contributed by atoms with Crippen LogP contribution in [-0.4, -0.2) is 18.5 Å². The van der Waals surface area contributed by atoms with E-state index >= 15 is 0 Å². The van der Waals surface area contributed by atoms with Crippen LogP contribution >= 0.6 is 11.8 Å². The third-order valence-corrected chi connectivity index (χ3v) is 2.42. The largest absolute Gasteiger partial charge is 0.508 e. The van der Waals surface area contributed by atoms with Gasteiger partial charge in [-0.25, -0.2) is 0 Å². The van der Waals surface area contributed by atoms with Crippen LogP contribution in [-0.2, 0) is 11.4 Å². The van der Waals surface area contributed by atoms with Gasteiger partial charge in [-0.15, -0.1) is 11.8 Å². The first-order chi connectivity index (χ1) is 6.27. The highest BCUT2D eigenvalue weighted by Gasteiger charge is 2.01. The van der Waals surface area contributed by atoms with E-state index in [1.54, 1.807) is 24.9 Å². The third kappa shape index (κ3) is 2.91. The van der Waals surface area contributed by atoms with Crippen molar-refractivity contribution in [2.75, 3.05) is 13.4 Å². The molecule has 0 saturated carbocycles. The summed E-state index contributed by atoms with van der Waals surface area (Å²) in [5.74, 6) is 0.294. The van der Waals surface area contributed by atoms with Gasteiger partial charge in [0.1, 0.15) is 5.75 Å². The van der Waals surface area contributed by atoms with Crippen molar-refractivity contribution in [3.05, 3.63) is 23.8 Å². The Bertz CT molecular complexity index is 278. The van der Waals surface area contributed by atoms with Crippen molar-refractivity contribution in [2.45, 2.75) is 11.4 Å². The molecule has 1 aromatic rings. The van der Waals surface area contributed by atoms with E-state index < -0.39 is 0 Å². The average Bonchev–Trinajstić information content (AvgIpc) is 2.17. The summed E-state index contributed by atoms with van der Waals surface area (Å²) < 4.78 is 0. The van der Waals surface area contributed by atoms with Gasteiger partial charge in [-0.3, -0.25) is 0 Å². The Balaban J connectivity index is 2.78. The van der Waals surface area contributed by atoms with E-state index in [2.05, 4.69) is 5.48 Å². The molecule has 1 aromatic carbocycles. The first-order valence-electron chi connectivity index (χ1n) is 3.89. The molecule has 0 heterocycles. The number of rotatable bonds is 4. The highest BCUT2D eigenvalue weighted by atomic mass is 32.2. The zero-order chi connectivity index (χ0) is 9.68. The van der Waals surface area contributed by atoms with Gasteiger partial charge < -0.3 is 9.94 Å². The third-order valence-electron chi connectivity index (χ3n) is 1.69. The van der Waals surface area contributed by atoms with Crippen molar-refractivity contribution in [1.29, 1.82) is 0 Å². The van der Waals surface area contributed by atoms with Gasteiger partial charge in [-0.05, 0) is 24.5 Å². The van der Waals surface area contributed by atoms with E-state index in [4.69, 9.17) is 4.84 Å². The fourth-order valence-electron chi connectivity index (χ4n) is 0.980. The van der Waals surface area contributed by atoms with Crippen LogP contribution in [0.2, 0.25) is 0 Å². The molecule has 13 heavy (non-hydrogen) atoms. The summed E-state index contributed by atoms with van der Waals surface area (Å²) in [5, 5.41) is 9.45. The van der Waals surface area contributed by atoms with Crippen LogP contribution in [0.1, 0.15) is 5.56 Å². The van der Waals surface area contributed by atoms with Gasteiger partial charge in [0.15, 0.2) is 0 Å². The van der Waals surface area contributed by atoms with Crippen LogP contribution in [0.25, 0.3) is 0 Å². The summed E-state index contributed by atoms with van der Waals surface area (Å²) in [6.45, 7) is 0.511. The predicted octanol–water partition coefficient (Wildman–Crippen LogP) is 1.77. The number of thioether (sulfide) groups is 1.